The molecule has 0 saturated heterocycles. The fourth-order valence-electron chi connectivity index (χ4n) is 13.2. The maximum Gasteiger partial charge on any atom is -1.00 e. The first-order chi connectivity index (χ1) is 23.7. The molecule has 0 radical (unpaired) electrons. The van der Waals surface area contributed by atoms with Gasteiger partial charge in [-0.25, -0.2) is 0 Å². The van der Waals surface area contributed by atoms with Crippen molar-refractivity contribution in [2.75, 3.05) is 0 Å². The monoisotopic (exact) mass is 932 g/mol. The third-order valence-corrected chi connectivity index (χ3v) is 26.6. The second kappa shape index (κ2) is 13.4. The van der Waals surface area contributed by atoms with E-state index in [9.17, 15) is 0 Å². The molecule has 0 nitrogen and oxygen atoms in total. The molecule has 9 unspecified atom stereocenters. The number of allylic oxidation sites excluding steroid dienone is 16. The molecule has 0 heterocycles. The summed E-state index contributed by atoms with van der Waals surface area (Å²) in [6.07, 6.45) is 36.0. The minimum absolute atomic E-state index is 0. The van der Waals surface area contributed by atoms with E-state index in [2.05, 4.69) is 221 Å². The largest absolute Gasteiger partial charge is 1.00 e. The van der Waals surface area contributed by atoms with Crippen molar-refractivity contribution in [2.24, 2.45) is 43.8 Å². The van der Waals surface area contributed by atoms with Gasteiger partial charge in [-0.2, -0.15) is 0 Å². The van der Waals surface area contributed by atoms with Crippen LogP contribution in [0.1, 0.15) is 72.9 Å². The Morgan fingerprint density at radius 2 is 1.17 bits per heavy atom. The minimum atomic E-state index is -2.99. The number of benzene rings is 2. The molecule has 0 N–H and O–H groups in total. The average molecular weight is 937 g/mol. The van der Waals surface area contributed by atoms with E-state index in [4.69, 9.17) is 0 Å². The van der Waals surface area contributed by atoms with Crippen LogP contribution in [0.4, 0.5) is 0 Å². The van der Waals surface area contributed by atoms with Gasteiger partial charge in [-0.1, -0.05) is 0 Å². The summed E-state index contributed by atoms with van der Waals surface area (Å²) in [6, 6.07) is 18.5. The van der Waals surface area contributed by atoms with E-state index in [0.29, 0.717) is 9.54 Å². The second-order valence-corrected chi connectivity index (χ2v) is 25.3. The van der Waals surface area contributed by atoms with Crippen LogP contribution in [0.3, 0.4) is 0 Å². The van der Waals surface area contributed by atoms with E-state index in [1.54, 1.807) is 12.1 Å². The van der Waals surface area contributed by atoms with E-state index in [1.807, 2.05) is 0 Å². The summed E-state index contributed by atoms with van der Waals surface area (Å²) in [4.78, 5) is 0. The van der Waals surface area contributed by atoms with Gasteiger partial charge in [-0.05, 0) is 0 Å². The van der Waals surface area contributed by atoms with Crippen LogP contribution in [-0.2, 0) is 21.3 Å². The molecule has 6 aliphatic rings. The molecule has 0 bridgehead atoms. The van der Waals surface area contributed by atoms with Crippen molar-refractivity contribution in [1.82, 2.24) is 0 Å². The van der Waals surface area contributed by atoms with Gasteiger partial charge in [-0.3, -0.25) is 0 Å². The molecule has 0 amide bonds. The molecular weight excluding hydrogens is 886 g/mol. The molecule has 2 aromatic rings. The summed E-state index contributed by atoms with van der Waals surface area (Å²) >= 11 is 4.84. The van der Waals surface area contributed by atoms with Crippen LogP contribution in [-0.4, -0.2) is 3.21 Å². The molecular formula is C47H50Br2Cl2Zr. The quantitative estimate of drug-likeness (QED) is 0.299. The van der Waals surface area contributed by atoms with E-state index in [-0.39, 0.29) is 62.7 Å². The van der Waals surface area contributed by atoms with Crippen LogP contribution in [0.5, 0.6) is 0 Å². The van der Waals surface area contributed by atoms with Crippen molar-refractivity contribution in [3.63, 3.8) is 0 Å². The van der Waals surface area contributed by atoms with E-state index >= 15 is 0 Å². The van der Waals surface area contributed by atoms with Gasteiger partial charge in [0.25, 0.3) is 0 Å². The number of rotatable bonds is 4. The SMILES string of the molecule is CC1=CC=CC2[CH]([Zr+2]([C]3=CC=CC3)=[C](c3cccc(Br)c3)c3cccc(Br)c3)C3(C)C4(C)C=CC=CC4(C)C4(C)C=CC=CC4(C)C3(C)C12C.[Cl-].[Cl-]. The molecule has 270 valence electrons. The average Bonchev–Trinajstić information content (AvgIpc) is 3.67. The smallest absolute Gasteiger partial charge is 1.00 e. The maximum absolute atomic E-state index is 3.92. The molecule has 2 saturated carbocycles. The van der Waals surface area contributed by atoms with Gasteiger partial charge in [0.15, 0.2) is 0 Å². The van der Waals surface area contributed by atoms with Gasteiger partial charge in [0, 0.05) is 0 Å². The Labute approximate surface area is 349 Å². The van der Waals surface area contributed by atoms with Crippen molar-refractivity contribution < 1.29 is 46.1 Å². The first-order valence-corrected chi connectivity index (χ1v) is 23.8. The van der Waals surface area contributed by atoms with Crippen molar-refractivity contribution in [2.45, 2.75) is 65.4 Å². The molecule has 8 rings (SSSR count). The topological polar surface area (TPSA) is 0 Å². The molecule has 0 spiro atoms. The number of hydrogen-bond donors (Lipinski definition) is 0. The summed E-state index contributed by atoms with van der Waals surface area (Å²) in [5, 5.41) is 0. The Balaban J connectivity index is 0.00000232. The zero-order valence-corrected chi connectivity index (χ0v) is 38.7. The van der Waals surface area contributed by atoms with Crippen LogP contribution in [0, 0.1) is 43.8 Å². The van der Waals surface area contributed by atoms with Gasteiger partial charge >= 0.3 is 328 Å². The number of hydrogen-bond acceptors (Lipinski definition) is 0. The Bertz CT molecular complexity index is 2070. The van der Waals surface area contributed by atoms with E-state index in [1.165, 1.54) is 11.1 Å². The fourth-order valence-corrected chi connectivity index (χ4v) is 25.1. The Morgan fingerprint density at radius 3 is 1.69 bits per heavy atom. The molecule has 6 aliphatic carbocycles. The molecule has 0 aliphatic heterocycles. The van der Waals surface area contributed by atoms with Gasteiger partial charge in [0.2, 0.25) is 0 Å². The van der Waals surface area contributed by atoms with Gasteiger partial charge in [0.05, 0.1) is 0 Å². The summed E-state index contributed by atoms with van der Waals surface area (Å²) < 4.78 is 6.11. The summed E-state index contributed by atoms with van der Waals surface area (Å²) in [5.74, 6) is 0.395. The van der Waals surface area contributed by atoms with Crippen LogP contribution < -0.4 is 24.8 Å². The standard InChI is InChI=1S/C29H37.C13H8Br2.C5H5.2ClH.Zr/c1-21-14-13-15-22-20-27(6)25(4)18-10-9-16-23(25,2)24(3)17-11-12-19-26(24,5)29(27,8)28(21,22)7;14-12-5-1-3-10(8-12)7-11-4-2-6-13(15)9-11;1-2-4-5-3-1;;;/h9-20,22H,1-8H3;1-6,8-9H;1-3H,4H2;2*1H;/q;;;;;+2/p-2. The van der Waals surface area contributed by atoms with Crippen LogP contribution in [0.2, 0.25) is 3.63 Å². The fraction of sp³-hybridized carbons (Fsp3) is 0.383. The van der Waals surface area contributed by atoms with E-state index < -0.39 is 21.3 Å². The second-order valence-electron chi connectivity index (χ2n) is 17.1. The third kappa shape index (κ3) is 4.62. The molecule has 2 aromatic carbocycles. The third-order valence-electron chi connectivity index (χ3n) is 16.4. The predicted octanol–water partition coefficient (Wildman–Crippen LogP) is 7.49. The number of fused-ring (bicyclic) bond motifs is 8. The first-order valence-electron chi connectivity index (χ1n) is 18.4. The first kappa shape index (κ1) is 40.3. The van der Waals surface area contributed by atoms with Gasteiger partial charge in [0.1, 0.15) is 0 Å². The summed E-state index contributed by atoms with van der Waals surface area (Å²) in [7, 11) is 0. The summed E-state index contributed by atoms with van der Waals surface area (Å²) in [6.45, 7) is 21.3. The Kier molecular flexibility index (Phi) is 10.4. The Morgan fingerprint density at radius 1 is 0.654 bits per heavy atom. The molecule has 52 heavy (non-hydrogen) atoms. The minimum Gasteiger partial charge on any atom is -1.00 e. The van der Waals surface area contributed by atoms with Gasteiger partial charge in [-0.15, -0.1) is 0 Å². The Hall–Kier alpha value is -1.35. The molecule has 2 fully saturated rings. The van der Waals surface area contributed by atoms with Crippen LogP contribution in [0.15, 0.2) is 151 Å². The molecule has 5 heteroatoms. The van der Waals surface area contributed by atoms with Crippen LogP contribution >= 0.6 is 31.9 Å². The van der Waals surface area contributed by atoms with E-state index in [0.717, 1.165) is 15.4 Å². The zero-order chi connectivity index (χ0) is 35.5. The molecule has 0 aromatic heterocycles. The van der Waals surface area contributed by atoms with Crippen molar-refractivity contribution in [3.8, 4) is 0 Å². The summed E-state index contributed by atoms with van der Waals surface area (Å²) in [5.41, 5.74) is 3.55. The maximum atomic E-state index is 3.92. The molecule has 9 atom stereocenters. The number of halogens is 4. The normalized spacial score (nSPS) is 39.9. The zero-order valence-electron chi connectivity index (χ0n) is 31.6. The van der Waals surface area contributed by atoms with Gasteiger partial charge < -0.3 is 24.8 Å². The predicted molar refractivity (Wildman–Crippen MR) is 217 cm³/mol. The van der Waals surface area contributed by atoms with Crippen molar-refractivity contribution in [1.29, 1.82) is 0 Å². The van der Waals surface area contributed by atoms with Crippen molar-refractivity contribution >= 4 is 35.1 Å². The van der Waals surface area contributed by atoms with Crippen LogP contribution in [0.25, 0.3) is 0 Å². The van der Waals surface area contributed by atoms with Crippen molar-refractivity contribution in [3.05, 3.63) is 163 Å².